The number of nitrogens with zero attached hydrogens (tertiary/aromatic N) is 2. The van der Waals surface area contributed by atoms with Crippen molar-refractivity contribution in [2.24, 2.45) is 22.7 Å². The first-order valence-corrected chi connectivity index (χ1v) is 6.91. The van der Waals surface area contributed by atoms with Crippen LogP contribution in [0.25, 0.3) is 0 Å². The zero-order chi connectivity index (χ0) is 14.0. The monoisotopic (exact) mass is 281 g/mol. The highest BCUT2D eigenvalue weighted by atomic mass is 35.5. The molecule has 4 nitrogen and oxygen atoms in total. The standard InChI is InChI=1S/C14H20ClN3O/c1-9-5-10(2)8-18(7-9)13-4-3-11(15)6-12(13)14(16)17-19/h3-4,6,9-10,19H,5,7-8H2,1-2H3,(H2,16,17). The Kier molecular flexibility index (Phi) is 4.20. The molecule has 0 spiro atoms. The van der Waals surface area contributed by atoms with Gasteiger partial charge in [-0.1, -0.05) is 30.6 Å². The summed E-state index contributed by atoms with van der Waals surface area (Å²) in [4.78, 5) is 2.29. The zero-order valence-corrected chi connectivity index (χ0v) is 12.1. The summed E-state index contributed by atoms with van der Waals surface area (Å²) in [5, 5.41) is 12.6. The van der Waals surface area contributed by atoms with E-state index in [0.29, 0.717) is 22.4 Å². The molecule has 0 aliphatic carbocycles. The third-order valence-corrected chi connectivity index (χ3v) is 3.79. The molecule has 5 heteroatoms. The molecule has 0 bridgehead atoms. The van der Waals surface area contributed by atoms with E-state index >= 15 is 0 Å². The van der Waals surface area contributed by atoms with E-state index < -0.39 is 0 Å². The summed E-state index contributed by atoms with van der Waals surface area (Å²) < 4.78 is 0. The van der Waals surface area contributed by atoms with Gasteiger partial charge in [-0.25, -0.2) is 0 Å². The summed E-state index contributed by atoms with van der Waals surface area (Å²) >= 11 is 6.00. The molecule has 1 aliphatic rings. The van der Waals surface area contributed by atoms with Crippen LogP contribution in [0.4, 0.5) is 5.69 Å². The molecule has 19 heavy (non-hydrogen) atoms. The van der Waals surface area contributed by atoms with Gasteiger partial charge in [0, 0.05) is 29.4 Å². The lowest BCUT2D eigenvalue weighted by molar-refractivity contribution is 0.318. The van der Waals surface area contributed by atoms with Crippen LogP contribution < -0.4 is 10.6 Å². The number of nitrogens with two attached hydrogens (primary N) is 1. The summed E-state index contributed by atoms with van der Waals surface area (Å²) in [6, 6.07) is 5.53. The maximum atomic E-state index is 8.91. The van der Waals surface area contributed by atoms with Crippen molar-refractivity contribution in [3.63, 3.8) is 0 Å². The molecular weight excluding hydrogens is 262 g/mol. The molecule has 3 N–H and O–H groups in total. The number of oxime groups is 1. The summed E-state index contributed by atoms with van der Waals surface area (Å²) in [6.45, 7) is 6.47. The van der Waals surface area contributed by atoms with Gasteiger partial charge in [0.25, 0.3) is 0 Å². The second kappa shape index (κ2) is 5.70. The van der Waals surface area contributed by atoms with Crippen LogP contribution in [-0.4, -0.2) is 24.1 Å². The van der Waals surface area contributed by atoms with Crippen LogP contribution in [0.15, 0.2) is 23.4 Å². The lowest BCUT2D eigenvalue weighted by Crippen LogP contribution is -2.39. The van der Waals surface area contributed by atoms with E-state index in [4.69, 9.17) is 22.5 Å². The Morgan fingerprint density at radius 1 is 1.37 bits per heavy atom. The minimum atomic E-state index is 0.100. The van der Waals surface area contributed by atoms with E-state index in [1.165, 1.54) is 6.42 Å². The van der Waals surface area contributed by atoms with Gasteiger partial charge in [-0.05, 0) is 36.5 Å². The molecule has 0 radical (unpaired) electrons. The van der Waals surface area contributed by atoms with E-state index in [2.05, 4.69) is 23.9 Å². The van der Waals surface area contributed by atoms with Crippen LogP contribution in [0, 0.1) is 11.8 Å². The molecule has 1 aromatic carbocycles. The molecule has 104 valence electrons. The van der Waals surface area contributed by atoms with E-state index in [1.807, 2.05) is 12.1 Å². The summed E-state index contributed by atoms with van der Waals surface area (Å²) in [6.07, 6.45) is 1.24. The second-order valence-corrected chi connectivity index (χ2v) is 5.93. The fraction of sp³-hybridized carbons (Fsp3) is 0.500. The van der Waals surface area contributed by atoms with Crippen LogP contribution >= 0.6 is 11.6 Å². The summed E-state index contributed by atoms with van der Waals surface area (Å²) in [7, 11) is 0. The average molecular weight is 282 g/mol. The number of hydrogen-bond donors (Lipinski definition) is 2. The number of piperidine rings is 1. The first-order chi connectivity index (χ1) is 9.01. The van der Waals surface area contributed by atoms with Gasteiger partial charge >= 0.3 is 0 Å². The van der Waals surface area contributed by atoms with Crippen molar-refractivity contribution >= 4 is 23.1 Å². The smallest absolute Gasteiger partial charge is 0.172 e. The van der Waals surface area contributed by atoms with Crippen LogP contribution in [0.5, 0.6) is 0 Å². The second-order valence-electron chi connectivity index (χ2n) is 5.50. The number of benzene rings is 1. The quantitative estimate of drug-likeness (QED) is 0.379. The number of halogens is 1. The van der Waals surface area contributed by atoms with Crippen molar-refractivity contribution in [3.8, 4) is 0 Å². The minimum absolute atomic E-state index is 0.100. The van der Waals surface area contributed by atoms with Gasteiger partial charge in [0.15, 0.2) is 5.84 Å². The Bertz CT molecular complexity index is 480. The SMILES string of the molecule is CC1CC(C)CN(c2ccc(Cl)cc2C(N)=NO)C1. The highest BCUT2D eigenvalue weighted by Gasteiger charge is 2.24. The first kappa shape index (κ1) is 14.0. The molecular formula is C14H20ClN3O. The molecule has 2 unspecified atom stereocenters. The number of amidine groups is 1. The van der Waals surface area contributed by atoms with Crippen LogP contribution in [0.1, 0.15) is 25.8 Å². The van der Waals surface area contributed by atoms with E-state index in [-0.39, 0.29) is 5.84 Å². The highest BCUT2D eigenvalue weighted by molar-refractivity contribution is 6.31. The summed E-state index contributed by atoms with van der Waals surface area (Å²) in [5.74, 6) is 1.38. The third kappa shape index (κ3) is 3.13. The summed E-state index contributed by atoms with van der Waals surface area (Å²) in [5.41, 5.74) is 7.43. The van der Waals surface area contributed by atoms with E-state index in [1.54, 1.807) is 6.07 Å². The van der Waals surface area contributed by atoms with Gasteiger partial charge in [-0.3, -0.25) is 0 Å². The molecule has 0 aromatic heterocycles. The third-order valence-electron chi connectivity index (χ3n) is 3.55. The Morgan fingerprint density at radius 3 is 2.58 bits per heavy atom. The van der Waals surface area contributed by atoms with Crippen molar-refractivity contribution < 1.29 is 5.21 Å². The molecule has 2 rings (SSSR count). The fourth-order valence-corrected chi connectivity index (χ4v) is 3.07. The maximum absolute atomic E-state index is 8.91. The predicted molar refractivity (Wildman–Crippen MR) is 79.1 cm³/mol. The Morgan fingerprint density at radius 2 is 2.00 bits per heavy atom. The van der Waals surface area contributed by atoms with Gasteiger partial charge in [0.2, 0.25) is 0 Å². The van der Waals surface area contributed by atoms with Crippen molar-refractivity contribution in [1.29, 1.82) is 0 Å². The van der Waals surface area contributed by atoms with Crippen molar-refractivity contribution in [3.05, 3.63) is 28.8 Å². The van der Waals surface area contributed by atoms with Crippen LogP contribution in [0.2, 0.25) is 5.02 Å². The normalized spacial score (nSPS) is 24.6. The van der Waals surface area contributed by atoms with Gasteiger partial charge in [-0.2, -0.15) is 0 Å². The van der Waals surface area contributed by atoms with Crippen molar-refractivity contribution in [1.82, 2.24) is 0 Å². The molecule has 1 fully saturated rings. The largest absolute Gasteiger partial charge is 0.409 e. The molecule has 1 aromatic rings. The predicted octanol–water partition coefficient (Wildman–Crippen LogP) is 2.92. The van der Waals surface area contributed by atoms with Gasteiger partial charge in [0.05, 0.1) is 0 Å². The van der Waals surface area contributed by atoms with Crippen LogP contribution in [-0.2, 0) is 0 Å². The zero-order valence-electron chi connectivity index (χ0n) is 11.3. The number of hydrogen-bond acceptors (Lipinski definition) is 3. The number of rotatable bonds is 2. The van der Waals surface area contributed by atoms with Crippen molar-refractivity contribution in [2.45, 2.75) is 20.3 Å². The van der Waals surface area contributed by atoms with Crippen LogP contribution in [0.3, 0.4) is 0 Å². The Labute approximate surface area is 118 Å². The van der Waals surface area contributed by atoms with Gasteiger partial charge < -0.3 is 15.8 Å². The van der Waals surface area contributed by atoms with Crippen molar-refractivity contribution in [2.75, 3.05) is 18.0 Å². The minimum Gasteiger partial charge on any atom is -0.409 e. The Hall–Kier alpha value is -1.42. The Balaban J connectivity index is 2.38. The molecule has 0 saturated carbocycles. The molecule has 1 aliphatic heterocycles. The molecule has 1 saturated heterocycles. The molecule has 2 atom stereocenters. The lowest BCUT2D eigenvalue weighted by atomic mass is 9.91. The molecule has 1 heterocycles. The average Bonchev–Trinajstić information content (AvgIpc) is 2.36. The van der Waals surface area contributed by atoms with E-state index in [0.717, 1.165) is 18.8 Å². The lowest BCUT2D eigenvalue weighted by Gasteiger charge is -2.37. The molecule has 0 amide bonds. The van der Waals surface area contributed by atoms with Gasteiger partial charge in [0.1, 0.15) is 0 Å². The first-order valence-electron chi connectivity index (χ1n) is 6.53. The fourth-order valence-electron chi connectivity index (χ4n) is 2.90. The topological polar surface area (TPSA) is 61.8 Å². The maximum Gasteiger partial charge on any atom is 0.172 e. The van der Waals surface area contributed by atoms with E-state index in [9.17, 15) is 0 Å². The number of anilines is 1. The van der Waals surface area contributed by atoms with Gasteiger partial charge in [-0.15, -0.1) is 0 Å². The highest BCUT2D eigenvalue weighted by Crippen LogP contribution is 2.30.